The number of hydrogen-bond acceptors (Lipinski definition) is 3. The van der Waals surface area contributed by atoms with E-state index >= 15 is 0 Å². The SMILES string of the molecule is CC1(C)C(=O)NC(=O)CN1C(=O)Cc1c(Cl)cccc1Cl. The Kier molecular flexibility index (Phi) is 4.25. The first kappa shape index (κ1) is 15.8. The largest absolute Gasteiger partial charge is 0.319 e. The lowest BCUT2D eigenvalue weighted by Gasteiger charge is -2.40. The van der Waals surface area contributed by atoms with E-state index in [0.717, 1.165) is 0 Å². The van der Waals surface area contributed by atoms with Crippen molar-refractivity contribution in [3.05, 3.63) is 33.8 Å². The van der Waals surface area contributed by atoms with Gasteiger partial charge in [0.15, 0.2) is 0 Å². The smallest absolute Gasteiger partial charge is 0.252 e. The van der Waals surface area contributed by atoms with Crippen LogP contribution in [0.25, 0.3) is 0 Å². The molecule has 5 nitrogen and oxygen atoms in total. The predicted molar refractivity (Wildman–Crippen MR) is 79.1 cm³/mol. The fourth-order valence-electron chi connectivity index (χ4n) is 2.13. The van der Waals surface area contributed by atoms with Crippen LogP contribution in [0, 0.1) is 0 Å². The van der Waals surface area contributed by atoms with E-state index in [2.05, 4.69) is 5.32 Å². The molecule has 3 amide bonds. The van der Waals surface area contributed by atoms with Crippen molar-refractivity contribution < 1.29 is 14.4 Å². The van der Waals surface area contributed by atoms with Crippen molar-refractivity contribution >= 4 is 40.9 Å². The maximum atomic E-state index is 12.5. The summed E-state index contributed by atoms with van der Waals surface area (Å²) in [7, 11) is 0. The van der Waals surface area contributed by atoms with Crippen LogP contribution in [0.1, 0.15) is 19.4 Å². The third kappa shape index (κ3) is 3.04. The van der Waals surface area contributed by atoms with Crippen LogP contribution in [-0.2, 0) is 20.8 Å². The number of nitrogens with zero attached hydrogens (tertiary/aromatic N) is 1. The molecule has 0 bridgehead atoms. The Bertz CT molecular complexity index is 608. The number of amides is 3. The van der Waals surface area contributed by atoms with Crippen LogP contribution in [0.4, 0.5) is 0 Å². The van der Waals surface area contributed by atoms with Crippen molar-refractivity contribution in [1.82, 2.24) is 10.2 Å². The van der Waals surface area contributed by atoms with Crippen LogP contribution in [-0.4, -0.2) is 34.7 Å². The van der Waals surface area contributed by atoms with Gasteiger partial charge >= 0.3 is 0 Å². The molecule has 1 saturated heterocycles. The quantitative estimate of drug-likeness (QED) is 0.842. The molecule has 0 spiro atoms. The molecule has 1 aliphatic rings. The van der Waals surface area contributed by atoms with E-state index in [1.54, 1.807) is 32.0 Å². The molecule has 1 aliphatic heterocycles. The molecule has 1 aromatic rings. The lowest BCUT2D eigenvalue weighted by molar-refractivity contribution is -0.155. The number of halogens is 2. The Morgan fingerprint density at radius 2 is 1.86 bits per heavy atom. The summed E-state index contributed by atoms with van der Waals surface area (Å²) in [5.41, 5.74) is -0.612. The summed E-state index contributed by atoms with van der Waals surface area (Å²) in [5.74, 6) is -1.38. The number of nitrogens with one attached hydrogen (secondary N) is 1. The molecule has 0 unspecified atom stereocenters. The van der Waals surface area contributed by atoms with E-state index in [1.807, 2.05) is 0 Å². The van der Waals surface area contributed by atoms with E-state index in [1.165, 1.54) is 4.90 Å². The van der Waals surface area contributed by atoms with Gasteiger partial charge < -0.3 is 4.90 Å². The molecule has 1 aromatic carbocycles. The minimum absolute atomic E-state index is 0.0670. The Labute approximate surface area is 132 Å². The van der Waals surface area contributed by atoms with Crippen LogP contribution in [0.2, 0.25) is 10.0 Å². The van der Waals surface area contributed by atoms with Gasteiger partial charge in [0, 0.05) is 10.0 Å². The van der Waals surface area contributed by atoms with Gasteiger partial charge in [-0.25, -0.2) is 0 Å². The first-order valence-electron chi connectivity index (χ1n) is 6.31. The lowest BCUT2D eigenvalue weighted by atomic mass is 9.97. The van der Waals surface area contributed by atoms with Crippen LogP contribution in [0.5, 0.6) is 0 Å². The highest BCUT2D eigenvalue weighted by Crippen LogP contribution is 2.27. The average molecular weight is 329 g/mol. The Balaban J connectivity index is 2.27. The van der Waals surface area contributed by atoms with Crippen LogP contribution >= 0.6 is 23.2 Å². The monoisotopic (exact) mass is 328 g/mol. The van der Waals surface area contributed by atoms with Gasteiger partial charge in [-0.05, 0) is 31.5 Å². The normalized spacial score (nSPS) is 17.6. The van der Waals surface area contributed by atoms with Gasteiger partial charge in [-0.1, -0.05) is 29.3 Å². The van der Waals surface area contributed by atoms with Crippen molar-refractivity contribution in [3.63, 3.8) is 0 Å². The topological polar surface area (TPSA) is 66.5 Å². The maximum absolute atomic E-state index is 12.5. The molecule has 0 atom stereocenters. The molecule has 1 heterocycles. The lowest BCUT2D eigenvalue weighted by Crippen LogP contribution is -2.65. The Morgan fingerprint density at radius 3 is 2.43 bits per heavy atom. The van der Waals surface area contributed by atoms with E-state index in [4.69, 9.17) is 23.2 Å². The minimum Gasteiger partial charge on any atom is -0.319 e. The summed E-state index contributed by atoms with van der Waals surface area (Å²) in [4.78, 5) is 37.0. The van der Waals surface area contributed by atoms with E-state index in [0.29, 0.717) is 15.6 Å². The van der Waals surface area contributed by atoms with E-state index in [9.17, 15) is 14.4 Å². The molecule has 0 aliphatic carbocycles. The van der Waals surface area contributed by atoms with Gasteiger partial charge in [0.1, 0.15) is 12.1 Å². The second kappa shape index (κ2) is 5.66. The molecule has 1 N–H and O–H groups in total. The number of imide groups is 1. The zero-order valence-electron chi connectivity index (χ0n) is 11.6. The zero-order valence-corrected chi connectivity index (χ0v) is 13.1. The van der Waals surface area contributed by atoms with Crippen molar-refractivity contribution in [3.8, 4) is 0 Å². The number of carbonyl (C=O) groups excluding carboxylic acids is 3. The highest BCUT2D eigenvalue weighted by atomic mass is 35.5. The Morgan fingerprint density at radius 1 is 1.29 bits per heavy atom. The number of benzene rings is 1. The predicted octanol–water partition coefficient (Wildman–Crippen LogP) is 1.80. The second-order valence-corrected chi connectivity index (χ2v) is 6.11. The first-order chi connectivity index (χ1) is 9.73. The van der Waals surface area contributed by atoms with Crippen molar-refractivity contribution in [1.29, 1.82) is 0 Å². The minimum atomic E-state index is -1.10. The zero-order chi connectivity index (χ0) is 15.8. The fourth-order valence-corrected chi connectivity index (χ4v) is 2.66. The summed E-state index contributed by atoms with van der Waals surface area (Å²) >= 11 is 12.1. The van der Waals surface area contributed by atoms with Gasteiger partial charge in [0.05, 0.1) is 6.42 Å². The number of hydrogen-bond donors (Lipinski definition) is 1. The van der Waals surface area contributed by atoms with Gasteiger partial charge in [-0.2, -0.15) is 0 Å². The third-order valence-electron chi connectivity index (χ3n) is 3.48. The summed E-state index contributed by atoms with van der Waals surface area (Å²) < 4.78 is 0. The first-order valence-corrected chi connectivity index (χ1v) is 7.06. The van der Waals surface area contributed by atoms with Crippen LogP contribution < -0.4 is 5.32 Å². The molecule has 21 heavy (non-hydrogen) atoms. The van der Waals surface area contributed by atoms with E-state index < -0.39 is 17.4 Å². The van der Waals surface area contributed by atoms with Gasteiger partial charge in [0.2, 0.25) is 11.8 Å². The molecular formula is C14H14Cl2N2O3. The van der Waals surface area contributed by atoms with Crippen LogP contribution in [0.3, 0.4) is 0 Å². The molecule has 0 radical (unpaired) electrons. The van der Waals surface area contributed by atoms with Gasteiger partial charge in [-0.15, -0.1) is 0 Å². The summed E-state index contributed by atoms with van der Waals surface area (Å²) in [6.07, 6.45) is -0.0670. The molecular weight excluding hydrogens is 315 g/mol. The summed E-state index contributed by atoms with van der Waals surface area (Å²) in [6, 6.07) is 4.95. The molecule has 0 aromatic heterocycles. The molecule has 0 saturated carbocycles. The second-order valence-electron chi connectivity index (χ2n) is 5.29. The van der Waals surface area contributed by atoms with Crippen LogP contribution in [0.15, 0.2) is 18.2 Å². The fraction of sp³-hybridized carbons (Fsp3) is 0.357. The van der Waals surface area contributed by atoms with Gasteiger partial charge in [-0.3, -0.25) is 19.7 Å². The highest BCUT2D eigenvalue weighted by molar-refractivity contribution is 6.36. The Hall–Kier alpha value is -1.59. The highest BCUT2D eigenvalue weighted by Gasteiger charge is 2.43. The van der Waals surface area contributed by atoms with E-state index in [-0.39, 0.29) is 18.9 Å². The summed E-state index contributed by atoms with van der Waals surface area (Å²) in [6.45, 7) is 3.00. The van der Waals surface area contributed by atoms with Crippen molar-refractivity contribution in [2.24, 2.45) is 0 Å². The maximum Gasteiger partial charge on any atom is 0.252 e. The third-order valence-corrected chi connectivity index (χ3v) is 4.18. The van der Waals surface area contributed by atoms with Crippen molar-refractivity contribution in [2.45, 2.75) is 25.8 Å². The molecule has 7 heteroatoms. The number of carbonyl (C=O) groups is 3. The number of piperazine rings is 1. The standard InChI is InChI=1S/C14H14Cl2N2O3/c1-14(2)13(21)17-11(19)7-18(14)12(20)6-8-9(15)4-3-5-10(8)16/h3-5H,6-7H2,1-2H3,(H,17,19,21). The molecule has 2 rings (SSSR count). The summed E-state index contributed by atoms with van der Waals surface area (Å²) in [5, 5.41) is 2.97. The molecule has 112 valence electrons. The molecule has 1 fully saturated rings. The van der Waals surface area contributed by atoms with Gasteiger partial charge in [0.25, 0.3) is 5.91 Å². The average Bonchev–Trinajstić information content (AvgIpc) is 2.38. The number of rotatable bonds is 2. The van der Waals surface area contributed by atoms with Crippen molar-refractivity contribution in [2.75, 3.05) is 6.54 Å².